The second-order valence-corrected chi connectivity index (χ2v) is 6.64. The van der Waals surface area contributed by atoms with Crippen LogP contribution in [-0.4, -0.2) is 37.9 Å². The first-order chi connectivity index (χ1) is 10.8. The maximum atomic E-state index is 12.2. The van der Waals surface area contributed by atoms with Gasteiger partial charge in [-0.1, -0.05) is 0 Å². The zero-order valence-corrected chi connectivity index (χ0v) is 13.3. The first-order valence-electron chi connectivity index (χ1n) is 8.90. The summed E-state index contributed by atoms with van der Waals surface area (Å²) in [5.41, 5.74) is 0. The van der Waals surface area contributed by atoms with Gasteiger partial charge in [0, 0.05) is 13.0 Å². The average molecular weight is 312 g/mol. The summed E-state index contributed by atoms with van der Waals surface area (Å²) in [6, 6.07) is 0. The first-order valence-corrected chi connectivity index (χ1v) is 8.90. The molecule has 2 aliphatic heterocycles. The maximum absolute atomic E-state index is 12.2. The number of carbonyl (C=O) groups is 1. The van der Waals surface area contributed by atoms with E-state index in [0.29, 0.717) is 6.61 Å². The number of rotatable bonds is 4. The third-order valence-corrected chi connectivity index (χ3v) is 4.88. The van der Waals surface area contributed by atoms with E-state index >= 15 is 0 Å². The largest absolute Gasteiger partial charge is 0.436 e. The van der Waals surface area contributed by atoms with Gasteiger partial charge in [0.15, 0.2) is 6.29 Å². The second kappa shape index (κ2) is 8.27. The molecule has 0 aromatic heterocycles. The summed E-state index contributed by atoms with van der Waals surface area (Å²) in [7, 11) is 0. The van der Waals surface area contributed by atoms with E-state index < -0.39 is 0 Å². The molecule has 1 saturated carbocycles. The van der Waals surface area contributed by atoms with Gasteiger partial charge in [0.05, 0.1) is 18.6 Å². The topological polar surface area (TPSA) is 54.0 Å². The number of ether oxygens (including phenoxy) is 4. The van der Waals surface area contributed by atoms with Gasteiger partial charge in [0.2, 0.25) is 6.29 Å². The van der Waals surface area contributed by atoms with Crippen molar-refractivity contribution in [2.45, 2.75) is 82.9 Å². The number of hydrogen-bond acceptors (Lipinski definition) is 5. The van der Waals surface area contributed by atoms with Crippen LogP contribution in [0.2, 0.25) is 0 Å². The predicted octanol–water partition coefficient (Wildman–Crippen LogP) is 3.16. The summed E-state index contributed by atoms with van der Waals surface area (Å²) in [4.78, 5) is 12.2. The fraction of sp³-hybridized carbons (Fsp3) is 0.941. The number of esters is 1. The van der Waals surface area contributed by atoms with E-state index in [1.807, 2.05) is 0 Å². The van der Waals surface area contributed by atoms with E-state index in [9.17, 15) is 4.79 Å². The molecule has 0 radical (unpaired) electrons. The van der Waals surface area contributed by atoms with Crippen molar-refractivity contribution in [1.82, 2.24) is 0 Å². The van der Waals surface area contributed by atoms with E-state index in [1.54, 1.807) is 0 Å². The zero-order valence-electron chi connectivity index (χ0n) is 13.3. The molecule has 2 heterocycles. The smallest absolute Gasteiger partial charge is 0.311 e. The van der Waals surface area contributed by atoms with Gasteiger partial charge in [-0.3, -0.25) is 4.79 Å². The third kappa shape index (κ3) is 4.67. The van der Waals surface area contributed by atoms with Crippen molar-refractivity contribution < 1.29 is 23.7 Å². The molecule has 2 unspecified atom stereocenters. The summed E-state index contributed by atoms with van der Waals surface area (Å²) in [5, 5.41) is 0. The summed E-state index contributed by atoms with van der Waals surface area (Å²) in [6.45, 7) is 1.52. The highest BCUT2D eigenvalue weighted by Crippen LogP contribution is 2.30. The SMILES string of the molecule is O=C(OC1CCCCO1)[C@H]1CC[C@@H](OC2CCCCO2)CC1. The second-order valence-electron chi connectivity index (χ2n) is 6.64. The van der Waals surface area contributed by atoms with Gasteiger partial charge in [0.25, 0.3) is 0 Å². The Kier molecular flexibility index (Phi) is 6.10. The lowest BCUT2D eigenvalue weighted by molar-refractivity contribution is -0.201. The lowest BCUT2D eigenvalue weighted by atomic mass is 9.87. The van der Waals surface area contributed by atoms with Crippen molar-refractivity contribution in [3.05, 3.63) is 0 Å². The quantitative estimate of drug-likeness (QED) is 0.746. The summed E-state index contributed by atoms with van der Waals surface area (Å²) in [6.07, 6.45) is 9.75. The molecule has 0 spiro atoms. The zero-order chi connectivity index (χ0) is 15.2. The van der Waals surface area contributed by atoms with E-state index in [0.717, 1.165) is 64.4 Å². The van der Waals surface area contributed by atoms with E-state index in [4.69, 9.17) is 18.9 Å². The Hall–Kier alpha value is -0.650. The van der Waals surface area contributed by atoms with Crippen LogP contribution in [0.1, 0.15) is 64.2 Å². The molecule has 126 valence electrons. The minimum atomic E-state index is -0.314. The van der Waals surface area contributed by atoms with E-state index in [-0.39, 0.29) is 30.6 Å². The molecule has 1 aliphatic carbocycles. The van der Waals surface area contributed by atoms with Gasteiger partial charge in [-0.15, -0.1) is 0 Å². The molecule has 0 amide bonds. The van der Waals surface area contributed by atoms with Crippen LogP contribution in [0.25, 0.3) is 0 Å². The molecule has 2 saturated heterocycles. The molecule has 22 heavy (non-hydrogen) atoms. The highest BCUT2D eigenvalue weighted by Gasteiger charge is 2.31. The van der Waals surface area contributed by atoms with E-state index in [1.165, 1.54) is 6.42 Å². The fourth-order valence-electron chi connectivity index (χ4n) is 3.50. The van der Waals surface area contributed by atoms with Gasteiger partial charge >= 0.3 is 5.97 Å². The van der Waals surface area contributed by atoms with Crippen LogP contribution in [0, 0.1) is 5.92 Å². The van der Waals surface area contributed by atoms with Crippen molar-refractivity contribution in [3.63, 3.8) is 0 Å². The van der Waals surface area contributed by atoms with Gasteiger partial charge in [-0.05, 0) is 57.8 Å². The average Bonchev–Trinajstić information content (AvgIpc) is 2.57. The fourth-order valence-corrected chi connectivity index (χ4v) is 3.50. The van der Waals surface area contributed by atoms with Crippen LogP contribution < -0.4 is 0 Å². The highest BCUT2D eigenvalue weighted by atomic mass is 16.7. The van der Waals surface area contributed by atoms with Crippen molar-refractivity contribution in [2.24, 2.45) is 5.92 Å². The molecule has 3 rings (SSSR count). The van der Waals surface area contributed by atoms with Crippen LogP contribution in [0.5, 0.6) is 0 Å². The van der Waals surface area contributed by atoms with E-state index in [2.05, 4.69) is 0 Å². The standard InChI is InChI=1S/C17H28O5/c18-17(22-16-6-2-4-12-20-16)13-7-9-14(10-8-13)21-15-5-1-3-11-19-15/h13-16H,1-12H2/t13-,14+,15?,16?. The van der Waals surface area contributed by atoms with Crippen molar-refractivity contribution in [3.8, 4) is 0 Å². The Morgan fingerprint density at radius 1 is 0.773 bits per heavy atom. The Morgan fingerprint density at radius 3 is 2.00 bits per heavy atom. The van der Waals surface area contributed by atoms with Crippen LogP contribution in [0.3, 0.4) is 0 Å². The summed E-state index contributed by atoms with van der Waals surface area (Å²) >= 11 is 0. The molecule has 0 aromatic carbocycles. The Balaban J connectivity index is 1.36. The normalized spacial score (nSPS) is 36.7. The highest BCUT2D eigenvalue weighted by molar-refractivity contribution is 5.72. The lowest BCUT2D eigenvalue weighted by Gasteiger charge is -2.32. The Bertz CT molecular complexity index is 339. The van der Waals surface area contributed by atoms with Crippen molar-refractivity contribution in [1.29, 1.82) is 0 Å². The monoisotopic (exact) mass is 312 g/mol. The molecule has 0 bridgehead atoms. The van der Waals surface area contributed by atoms with Crippen LogP contribution in [-0.2, 0) is 23.7 Å². The molecular weight excluding hydrogens is 284 g/mol. The minimum Gasteiger partial charge on any atom is -0.436 e. The molecule has 2 atom stereocenters. The number of hydrogen-bond donors (Lipinski definition) is 0. The van der Waals surface area contributed by atoms with Crippen molar-refractivity contribution in [2.75, 3.05) is 13.2 Å². The Labute approximate surface area is 132 Å². The lowest BCUT2D eigenvalue weighted by Crippen LogP contribution is -2.34. The molecule has 5 nitrogen and oxygen atoms in total. The predicted molar refractivity (Wildman–Crippen MR) is 80.1 cm³/mol. The van der Waals surface area contributed by atoms with Crippen LogP contribution >= 0.6 is 0 Å². The van der Waals surface area contributed by atoms with Gasteiger partial charge in [-0.2, -0.15) is 0 Å². The summed E-state index contributed by atoms with van der Waals surface area (Å²) in [5.74, 6) is -0.0723. The van der Waals surface area contributed by atoms with Gasteiger partial charge in [0.1, 0.15) is 0 Å². The van der Waals surface area contributed by atoms with Gasteiger partial charge < -0.3 is 18.9 Å². The molecule has 0 aromatic rings. The number of carbonyl (C=O) groups excluding carboxylic acids is 1. The Morgan fingerprint density at radius 2 is 1.41 bits per heavy atom. The third-order valence-electron chi connectivity index (χ3n) is 4.88. The van der Waals surface area contributed by atoms with Crippen molar-refractivity contribution >= 4 is 5.97 Å². The molecule has 3 fully saturated rings. The van der Waals surface area contributed by atoms with Gasteiger partial charge in [-0.25, -0.2) is 0 Å². The minimum absolute atomic E-state index is 0.0117. The maximum Gasteiger partial charge on any atom is 0.311 e. The molecule has 3 aliphatic rings. The molecule has 5 heteroatoms. The van der Waals surface area contributed by atoms with Crippen LogP contribution in [0.15, 0.2) is 0 Å². The summed E-state index contributed by atoms with van der Waals surface area (Å²) < 4.78 is 22.6. The first kappa shape index (κ1) is 16.2. The van der Waals surface area contributed by atoms with Crippen LogP contribution in [0.4, 0.5) is 0 Å². The molecule has 0 N–H and O–H groups in total. The molecular formula is C17H28O5.